The Hall–Kier alpha value is -3.61. The highest BCUT2D eigenvalue weighted by molar-refractivity contribution is 8.01. The minimum atomic E-state index is -5.08. The Morgan fingerprint density at radius 1 is 1.02 bits per heavy atom. The number of sulfone groups is 2. The molecule has 18 heteroatoms. The van der Waals surface area contributed by atoms with Gasteiger partial charge in [-0.3, -0.25) is 10.8 Å². The van der Waals surface area contributed by atoms with Gasteiger partial charge < -0.3 is 21.5 Å². The van der Waals surface area contributed by atoms with Crippen LogP contribution in [0.5, 0.6) is 0 Å². The third-order valence-corrected chi connectivity index (χ3v) is 11.7. The number of thiophene rings is 1. The summed E-state index contributed by atoms with van der Waals surface area (Å²) < 4.78 is 81.7. The van der Waals surface area contributed by atoms with Crippen LogP contribution >= 0.6 is 23.1 Å². The molecule has 258 valence electrons. The number of benzene rings is 2. The smallest absolute Gasteiger partial charge is 0.475 e. The molecule has 0 fully saturated rings. The van der Waals surface area contributed by atoms with Crippen LogP contribution < -0.4 is 16.4 Å². The van der Waals surface area contributed by atoms with Gasteiger partial charge in [-0.15, -0.1) is 23.1 Å². The fourth-order valence-corrected chi connectivity index (χ4v) is 8.72. The molecule has 0 radical (unpaired) electrons. The number of nitrogens with two attached hydrogens (primary N) is 1. The van der Waals surface area contributed by atoms with Crippen LogP contribution in [0.1, 0.15) is 36.1 Å². The molecular formula is C29H36F3N5O6S4. The molecule has 11 nitrogen and oxygen atoms in total. The van der Waals surface area contributed by atoms with E-state index in [4.69, 9.17) is 26.5 Å². The minimum Gasteiger partial charge on any atom is -0.475 e. The van der Waals surface area contributed by atoms with Gasteiger partial charge in [-0.25, -0.2) is 21.6 Å². The zero-order valence-electron chi connectivity index (χ0n) is 25.7. The molecule has 0 aliphatic carbocycles. The van der Waals surface area contributed by atoms with Crippen LogP contribution in [0.2, 0.25) is 0 Å². The maximum atomic E-state index is 13.5. The van der Waals surface area contributed by atoms with Gasteiger partial charge in [0.25, 0.3) is 0 Å². The molecule has 1 aromatic heterocycles. The molecule has 0 amide bonds. The summed E-state index contributed by atoms with van der Waals surface area (Å²) in [6.45, 7) is 2.54. The van der Waals surface area contributed by atoms with Crippen molar-refractivity contribution in [1.29, 1.82) is 10.8 Å². The lowest BCUT2D eigenvalue weighted by atomic mass is 10.00. The average molecular weight is 736 g/mol. The topological polar surface area (TPSA) is 203 Å². The molecule has 0 aliphatic rings. The van der Waals surface area contributed by atoms with Gasteiger partial charge in [-0.1, -0.05) is 31.0 Å². The first kappa shape index (κ1) is 39.6. The quantitative estimate of drug-likeness (QED) is 0.0544. The highest BCUT2D eigenvalue weighted by atomic mass is 32.2. The number of nitrogen functional groups attached to an aromatic ring is 1. The number of aryl methyl sites for hydroxylation is 1. The Labute approximate surface area is 280 Å². The van der Waals surface area contributed by atoms with E-state index in [2.05, 4.69) is 10.6 Å². The largest absolute Gasteiger partial charge is 0.490 e. The first-order valence-electron chi connectivity index (χ1n) is 13.8. The number of anilines is 1. The number of hydrogen-bond donors (Lipinski definition) is 6. The van der Waals surface area contributed by atoms with Crippen molar-refractivity contribution in [2.75, 3.05) is 30.1 Å². The van der Waals surface area contributed by atoms with Crippen LogP contribution in [0.4, 0.5) is 18.9 Å². The second kappa shape index (κ2) is 17.0. The van der Waals surface area contributed by atoms with Gasteiger partial charge in [-0.05, 0) is 73.0 Å². The zero-order valence-corrected chi connectivity index (χ0v) is 29.0. The van der Waals surface area contributed by atoms with E-state index in [1.54, 1.807) is 24.5 Å². The highest BCUT2D eigenvalue weighted by Gasteiger charge is 2.38. The Balaban J connectivity index is 0.000000984. The number of carbonyl (C=O) groups is 1. The van der Waals surface area contributed by atoms with Crippen molar-refractivity contribution in [2.45, 2.75) is 52.8 Å². The molecular weight excluding hydrogens is 700 g/mol. The Morgan fingerprint density at radius 2 is 1.66 bits per heavy atom. The van der Waals surface area contributed by atoms with Gasteiger partial charge in [-0.2, -0.15) is 13.2 Å². The standard InChI is InChI=1S/C27H35N5O4S4.C2HF3O2/c1-18-15-20(32-27(30)31-13-6-4-5-7-14-39(3,33)34)11-12-22(18)19-9-8-10-21(16-19)40(35,36)24-17-23(25(28)29)38-26(24)37-2;3-2(4,5)1(6)7/h8-12,15-17H,4-7,13-14H2,1-3H3,(H3,28,29)(H3,30,31,32);(H,6,7). The van der Waals surface area contributed by atoms with Gasteiger partial charge in [0.05, 0.1) is 18.9 Å². The molecule has 3 aromatic rings. The third kappa shape index (κ3) is 12.5. The molecule has 2 aromatic carbocycles. The number of hydrogen-bond acceptors (Lipinski definition) is 9. The van der Waals surface area contributed by atoms with Crippen LogP contribution in [0.25, 0.3) is 11.1 Å². The molecule has 0 unspecified atom stereocenters. The van der Waals surface area contributed by atoms with Crippen molar-refractivity contribution >= 4 is 66.2 Å². The first-order chi connectivity index (χ1) is 21.8. The fourth-order valence-electron chi connectivity index (χ4n) is 4.09. The minimum absolute atomic E-state index is 0.156. The first-order valence-corrected chi connectivity index (χ1v) is 19.4. The zero-order chi connectivity index (χ0) is 35.6. The van der Waals surface area contributed by atoms with Crippen LogP contribution in [-0.2, 0) is 24.5 Å². The molecule has 3 rings (SSSR count). The number of aliphatic carboxylic acids is 1. The number of carboxylic acids is 1. The predicted octanol–water partition coefficient (Wildman–Crippen LogP) is 5.74. The summed E-state index contributed by atoms with van der Waals surface area (Å²) in [5, 5.41) is 29.0. The maximum absolute atomic E-state index is 13.5. The van der Waals surface area contributed by atoms with Crippen LogP contribution in [-0.4, -0.2) is 70.7 Å². The van der Waals surface area contributed by atoms with E-state index in [-0.39, 0.29) is 27.3 Å². The van der Waals surface area contributed by atoms with E-state index in [0.717, 1.165) is 41.6 Å². The van der Waals surface area contributed by atoms with Crippen LogP contribution in [0, 0.1) is 17.7 Å². The number of alkyl halides is 3. The number of amidine groups is 1. The monoisotopic (exact) mass is 735 g/mol. The summed E-state index contributed by atoms with van der Waals surface area (Å²) in [5.41, 5.74) is 8.87. The second-order valence-electron chi connectivity index (χ2n) is 10.2. The number of unbranched alkanes of at least 4 members (excludes halogenated alkanes) is 3. The van der Waals surface area contributed by atoms with E-state index in [0.29, 0.717) is 22.1 Å². The third-order valence-electron chi connectivity index (χ3n) is 6.34. The maximum Gasteiger partial charge on any atom is 0.490 e. The fraction of sp³-hybridized carbons (Fsp3) is 0.345. The molecule has 0 aliphatic heterocycles. The summed E-state index contributed by atoms with van der Waals surface area (Å²) in [4.78, 5) is 9.64. The Morgan fingerprint density at radius 3 is 2.21 bits per heavy atom. The van der Waals surface area contributed by atoms with Crippen molar-refractivity contribution in [3.8, 4) is 11.1 Å². The molecule has 1 heterocycles. The summed E-state index contributed by atoms with van der Waals surface area (Å²) >= 11 is 2.51. The number of halogens is 3. The normalized spacial score (nSPS) is 11.7. The Kier molecular flexibility index (Phi) is 14.3. The molecule has 7 N–H and O–H groups in total. The molecule has 0 bridgehead atoms. The average Bonchev–Trinajstić information content (AvgIpc) is 3.42. The number of carboxylic acid groups (broad SMARTS) is 1. The van der Waals surface area contributed by atoms with Crippen molar-refractivity contribution in [3.05, 3.63) is 59.0 Å². The number of nitrogens with one attached hydrogen (secondary N) is 4. The van der Waals surface area contributed by atoms with Crippen LogP contribution in [0.3, 0.4) is 0 Å². The molecule has 0 saturated heterocycles. The van der Waals surface area contributed by atoms with E-state index < -0.39 is 31.8 Å². The van der Waals surface area contributed by atoms with Crippen molar-refractivity contribution < 1.29 is 39.9 Å². The lowest BCUT2D eigenvalue weighted by Gasteiger charge is -2.14. The number of thioether (sulfide) groups is 1. The van der Waals surface area contributed by atoms with Crippen LogP contribution in [0.15, 0.2) is 62.5 Å². The van der Waals surface area contributed by atoms with E-state index in [9.17, 15) is 30.0 Å². The SMILES string of the molecule is CSc1sc(C(=N)N)cc1S(=O)(=O)c1cccc(-c2ccc(NC(=N)NCCCCCCS(C)(=O)=O)cc2C)c1.O=C(O)C(F)(F)F. The van der Waals surface area contributed by atoms with Crippen molar-refractivity contribution in [3.63, 3.8) is 0 Å². The van der Waals surface area contributed by atoms with Gasteiger partial charge in [0, 0.05) is 24.2 Å². The lowest BCUT2D eigenvalue weighted by Crippen LogP contribution is -2.30. The summed E-state index contributed by atoms with van der Waals surface area (Å²) in [7, 11) is -6.73. The summed E-state index contributed by atoms with van der Waals surface area (Å²) in [6.07, 6.45) is 1.18. The summed E-state index contributed by atoms with van der Waals surface area (Å²) in [5.74, 6) is -2.54. The van der Waals surface area contributed by atoms with Gasteiger partial charge in [0.2, 0.25) is 9.84 Å². The van der Waals surface area contributed by atoms with E-state index in [1.807, 2.05) is 31.2 Å². The predicted molar refractivity (Wildman–Crippen MR) is 180 cm³/mol. The second-order valence-corrected chi connectivity index (χ2v) is 16.5. The number of rotatable bonds is 13. The molecule has 0 spiro atoms. The highest BCUT2D eigenvalue weighted by Crippen LogP contribution is 2.38. The lowest BCUT2D eigenvalue weighted by molar-refractivity contribution is -0.192. The molecule has 47 heavy (non-hydrogen) atoms. The van der Waals surface area contributed by atoms with Crippen molar-refractivity contribution in [1.82, 2.24) is 5.32 Å². The van der Waals surface area contributed by atoms with E-state index >= 15 is 0 Å². The Bertz CT molecular complexity index is 1810. The number of guanidine groups is 1. The van der Waals surface area contributed by atoms with Gasteiger partial charge >= 0.3 is 12.1 Å². The van der Waals surface area contributed by atoms with E-state index in [1.165, 1.54) is 35.4 Å². The van der Waals surface area contributed by atoms with Crippen molar-refractivity contribution in [2.24, 2.45) is 5.73 Å². The van der Waals surface area contributed by atoms with Gasteiger partial charge in [0.1, 0.15) is 15.7 Å². The molecule has 0 saturated carbocycles. The molecule has 0 atom stereocenters. The van der Waals surface area contributed by atoms with Gasteiger partial charge in [0.15, 0.2) is 5.96 Å². The summed E-state index contributed by atoms with van der Waals surface area (Å²) in [6, 6.07) is 13.9.